The van der Waals surface area contributed by atoms with Crippen LogP contribution in [0.2, 0.25) is 0 Å². The van der Waals surface area contributed by atoms with Crippen molar-refractivity contribution >= 4 is 23.6 Å². The lowest BCUT2D eigenvalue weighted by Crippen LogP contribution is -2.40. The summed E-state index contributed by atoms with van der Waals surface area (Å²) in [7, 11) is 0. The van der Waals surface area contributed by atoms with Crippen LogP contribution in [0, 0.1) is 11.8 Å². The van der Waals surface area contributed by atoms with Gasteiger partial charge in [-0.15, -0.1) is 0 Å². The Kier molecular flexibility index (Phi) is 5.10. The van der Waals surface area contributed by atoms with Gasteiger partial charge in [-0.25, -0.2) is 0 Å². The maximum Gasteiger partial charge on any atom is 0.248 e. The summed E-state index contributed by atoms with van der Waals surface area (Å²) in [5.74, 6) is 3.95. The molecule has 4 amide bonds. The minimum absolute atomic E-state index is 0.0899. The van der Waals surface area contributed by atoms with Gasteiger partial charge in [0.15, 0.2) is 0 Å². The van der Waals surface area contributed by atoms with Crippen molar-refractivity contribution in [2.45, 2.75) is 12.8 Å². The van der Waals surface area contributed by atoms with Gasteiger partial charge in [0.2, 0.25) is 23.6 Å². The van der Waals surface area contributed by atoms with Crippen molar-refractivity contribution in [2.24, 2.45) is 5.73 Å². The topological polar surface area (TPSA) is 110 Å². The molecule has 1 aromatic carbocycles. The molecule has 0 radical (unpaired) electrons. The van der Waals surface area contributed by atoms with Gasteiger partial charge in [0, 0.05) is 24.0 Å². The van der Waals surface area contributed by atoms with Crippen LogP contribution in [0.15, 0.2) is 24.3 Å². The Balaban J connectivity index is 1.81. The number of nitrogens with two attached hydrogens (primary N) is 1. The lowest BCUT2D eigenvalue weighted by Gasteiger charge is -2.12. The molecule has 0 aliphatic carbocycles. The van der Waals surface area contributed by atoms with E-state index in [0.29, 0.717) is 11.1 Å². The fourth-order valence-electron chi connectivity index (χ4n) is 2.01. The first kappa shape index (κ1) is 16.2. The van der Waals surface area contributed by atoms with Gasteiger partial charge in [-0.1, -0.05) is 11.8 Å². The first-order valence-electron chi connectivity index (χ1n) is 6.96. The molecule has 1 fully saturated rings. The Bertz CT molecular complexity index is 697. The van der Waals surface area contributed by atoms with Crippen LogP contribution in [0.4, 0.5) is 0 Å². The maximum absolute atomic E-state index is 11.6. The molecule has 1 aliphatic rings. The number of carbonyl (C=O) groups excluding carboxylic acids is 4. The van der Waals surface area contributed by atoms with E-state index in [1.807, 2.05) is 0 Å². The molecule has 7 heteroatoms. The van der Waals surface area contributed by atoms with E-state index >= 15 is 0 Å². The van der Waals surface area contributed by atoms with E-state index in [4.69, 9.17) is 5.73 Å². The Hall–Kier alpha value is -3.14. The molecule has 0 saturated carbocycles. The predicted octanol–water partition coefficient (Wildman–Crippen LogP) is -0.598. The van der Waals surface area contributed by atoms with Gasteiger partial charge in [-0.3, -0.25) is 24.1 Å². The number of amides is 4. The SMILES string of the molecule is NC(=O)c1ccc(C#CCNC(=O)CN2C(=O)CCC2=O)cc1. The molecule has 2 rings (SSSR count). The van der Waals surface area contributed by atoms with Gasteiger partial charge in [0.1, 0.15) is 6.54 Å². The minimum atomic E-state index is -0.511. The normalized spacial score (nSPS) is 13.5. The number of hydrogen-bond donors (Lipinski definition) is 2. The number of benzene rings is 1. The van der Waals surface area contributed by atoms with Crippen LogP contribution in [0.3, 0.4) is 0 Å². The van der Waals surface area contributed by atoms with E-state index in [1.54, 1.807) is 24.3 Å². The van der Waals surface area contributed by atoms with Crippen LogP contribution >= 0.6 is 0 Å². The zero-order valence-electron chi connectivity index (χ0n) is 12.3. The fourth-order valence-corrected chi connectivity index (χ4v) is 2.01. The number of likely N-dealkylation sites (tertiary alicyclic amines) is 1. The highest BCUT2D eigenvalue weighted by Crippen LogP contribution is 2.10. The van der Waals surface area contributed by atoms with E-state index in [2.05, 4.69) is 17.2 Å². The van der Waals surface area contributed by atoms with Crippen LogP contribution in [0.25, 0.3) is 0 Å². The molecule has 1 heterocycles. The summed E-state index contributed by atoms with van der Waals surface area (Å²) in [5, 5.41) is 2.52. The molecule has 0 unspecified atom stereocenters. The zero-order chi connectivity index (χ0) is 16.8. The number of imide groups is 1. The highest BCUT2D eigenvalue weighted by atomic mass is 16.2. The Morgan fingerprint density at radius 3 is 2.30 bits per heavy atom. The summed E-state index contributed by atoms with van der Waals surface area (Å²) in [4.78, 5) is 46.3. The average molecular weight is 313 g/mol. The van der Waals surface area contributed by atoms with Gasteiger partial charge in [-0.2, -0.15) is 0 Å². The highest BCUT2D eigenvalue weighted by Gasteiger charge is 2.30. The van der Waals surface area contributed by atoms with E-state index in [9.17, 15) is 19.2 Å². The molecule has 1 aromatic rings. The monoisotopic (exact) mass is 313 g/mol. The molecule has 0 atom stereocenters. The first-order valence-corrected chi connectivity index (χ1v) is 6.96. The number of nitrogens with zero attached hydrogens (tertiary/aromatic N) is 1. The second-order valence-electron chi connectivity index (χ2n) is 4.89. The van der Waals surface area contributed by atoms with Crippen molar-refractivity contribution in [3.63, 3.8) is 0 Å². The minimum Gasteiger partial charge on any atom is -0.366 e. The smallest absolute Gasteiger partial charge is 0.248 e. The molecular formula is C16H15N3O4. The summed E-state index contributed by atoms with van der Waals surface area (Å²) in [5.41, 5.74) is 6.20. The van der Waals surface area contributed by atoms with Gasteiger partial charge >= 0.3 is 0 Å². The largest absolute Gasteiger partial charge is 0.366 e. The molecule has 1 aliphatic heterocycles. The number of carbonyl (C=O) groups is 4. The maximum atomic E-state index is 11.6. The lowest BCUT2D eigenvalue weighted by atomic mass is 10.1. The standard InChI is InChI=1S/C16H15N3O4/c17-16(23)12-5-3-11(4-6-12)2-1-9-18-13(20)10-19-14(21)7-8-15(19)22/h3-6H,7-10H2,(H2,17,23)(H,18,20). The van der Waals surface area contributed by atoms with Gasteiger partial charge in [-0.05, 0) is 24.3 Å². The molecule has 1 saturated heterocycles. The van der Waals surface area contributed by atoms with Crippen molar-refractivity contribution in [3.05, 3.63) is 35.4 Å². The summed E-state index contributed by atoms with van der Waals surface area (Å²) in [6, 6.07) is 6.43. The summed E-state index contributed by atoms with van der Waals surface area (Å²) < 4.78 is 0. The van der Waals surface area contributed by atoms with E-state index in [-0.39, 0.29) is 37.7 Å². The van der Waals surface area contributed by atoms with Crippen LogP contribution in [0.5, 0.6) is 0 Å². The molecule has 7 nitrogen and oxygen atoms in total. The number of hydrogen-bond acceptors (Lipinski definition) is 4. The average Bonchev–Trinajstić information content (AvgIpc) is 2.84. The number of rotatable bonds is 4. The van der Waals surface area contributed by atoms with Crippen molar-refractivity contribution in [3.8, 4) is 11.8 Å². The molecule has 0 spiro atoms. The quantitative estimate of drug-likeness (QED) is 0.571. The summed E-state index contributed by atoms with van der Waals surface area (Å²) in [6.07, 6.45) is 0.320. The van der Waals surface area contributed by atoms with Gasteiger partial charge < -0.3 is 11.1 Å². The van der Waals surface area contributed by atoms with Gasteiger partial charge in [0.25, 0.3) is 0 Å². The van der Waals surface area contributed by atoms with E-state index in [1.165, 1.54) is 0 Å². The fraction of sp³-hybridized carbons (Fsp3) is 0.250. The Labute approximate surface area is 132 Å². The third-order valence-corrected chi connectivity index (χ3v) is 3.23. The van der Waals surface area contributed by atoms with Crippen molar-refractivity contribution in [1.82, 2.24) is 10.2 Å². The van der Waals surface area contributed by atoms with Crippen molar-refractivity contribution < 1.29 is 19.2 Å². The molecular weight excluding hydrogens is 298 g/mol. The van der Waals surface area contributed by atoms with E-state index < -0.39 is 11.8 Å². The molecule has 3 N–H and O–H groups in total. The predicted molar refractivity (Wildman–Crippen MR) is 80.8 cm³/mol. The van der Waals surface area contributed by atoms with Crippen LogP contribution in [-0.2, 0) is 14.4 Å². The van der Waals surface area contributed by atoms with Gasteiger partial charge in [0.05, 0.1) is 6.54 Å². The third-order valence-electron chi connectivity index (χ3n) is 3.23. The summed E-state index contributed by atoms with van der Waals surface area (Å²) >= 11 is 0. The number of nitrogens with one attached hydrogen (secondary N) is 1. The molecule has 0 bridgehead atoms. The highest BCUT2D eigenvalue weighted by molar-refractivity contribution is 6.04. The third kappa shape index (κ3) is 4.41. The van der Waals surface area contributed by atoms with E-state index in [0.717, 1.165) is 4.90 Å². The second-order valence-corrected chi connectivity index (χ2v) is 4.89. The second kappa shape index (κ2) is 7.22. The Morgan fingerprint density at radius 1 is 1.13 bits per heavy atom. The van der Waals surface area contributed by atoms with Crippen molar-refractivity contribution in [1.29, 1.82) is 0 Å². The molecule has 23 heavy (non-hydrogen) atoms. The van der Waals surface area contributed by atoms with Crippen LogP contribution in [0.1, 0.15) is 28.8 Å². The lowest BCUT2D eigenvalue weighted by molar-refractivity contribution is -0.142. The number of primary amides is 1. The zero-order valence-corrected chi connectivity index (χ0v) is 12.3. The molecule has 0 aromatic heterocycles. The van der Waals surface area contributed by atoms with Crippen LogP contribution < -0.4 is 11.1 Å². The van der Waals surface area contributed by atoms with Crippen molar-refractivity contribution in [2.75, 3.05) is 13.1 Å². The molecule has 118 valence electrons. The Morgan fingerprint density at radius 2 is 1.74 bits per heavy atom. The first-order chi connectivity index (χ1) is 11.0. The summed E-state index contributed by atoms with van der Waals surface area (Å²) in [6.45, 7) is -0.181. The van der Waals surface area contributed by atoms with Crippen LogP contribution in [-0.4, -0.2) is 41.6 Å².